The molecule has 0 N–H and O–H groups in total. The molecule has 1 amide bonds. The van der Waals surface area contributed by atoms with Crippen molar-refractivity contribution in [2.24, 2.45) is 14.1 Å². The number of carbonyl (C=O) groups excluding carboxylic acids is 1. The van der Waals surface area contributed by atoms with Gasteiger partial charge in [-0.05, 0) is 29.7 Å². The van der Waals surface area contributed by atoms with Crippen LogP contribution < -0.4 is 4.90 Å². The average Bonchev–Trinajstić information content (AvgIpc) is 3.50. The second kappa shape index (κ2) is 8.96. The van der Waals surface area contributed by atoms with Gasteiger partial charge in [0.25, 0.3) is 6.43 Å². The molecule has 5 rings (SSSR count). The summed E-state index contributed by atoms with van der Waals surface area (Å²) in [7, 11) is 3.67. The molecule has 0 unspecified atom stereocenters. The Morgan fingerprint density at radius 2 is 1.88 bits per heavy atom. The van der Waals surface area contributed by atoms with Gasteiger partial charge in [-0.15, -0.1) is 0 Å². The van der Waals surface area contributed by atoms with Crippen molar-refractivity contribution in [1.82, 2.24) is 24.5 Å². The lowest BCUT2D eigenvalue weighted by Crippen LogP contribution is -2.35. The van der Waals surface area contributed by atoms with E-state index in [1.807, 2.05) is 36.5 Å². The van der Waals surface area contributed by atoms with Crippen molar-refractivity contribution in [2.45, 2.75) is 46.6 Å². The van der Waals surface area contributed by atoms with Crippen LogP contribution in [0.4, 0.5) is 20.3 Å². The monoisotopic (exact) mass is 456 g/mol. The largest absolute Gasteiger partial charge is 0.338 e. The van der Waals surface area contributed by atoms with Crippen molar-refractivity contribution in [3.8, 4) is 11.1 Å². The van der Waals surface area contributed by atoms with Gasteiger partial charge < -0.3 is 9.80 Å². The van der Waals surface area contributed by atoms with Crippen LogP contribution in [0.25, 0.3) is 11.1 Å². The molecule has 0 aliphatic carbocycles. The maximum absolute atomic E-state index is 14.0. The first-order chi connectivity index (χ1) is 15.8. The van der Waals surface area contributed by atoms with E-state index in [9.17, 15) is 13.6 Å². The summed E-state index contributed by atoms with van der Waals surface area (Å²) in [4.78, 5) is 15.8. The van der Waals surface area contributed by atoms with Crippen molar-refractivity contribution >= 4 is 17.4 Å². The Bertz CT molecular complexity index is 1180. The molecule has 176 valence electrons. The number of nitrogens with zero attached hydrogens (tertiary/aromatic N) is 6. The van der Waals surface area contributed by atoms with Crippen molar-refractivity contribution < 1.29 is 13.6 Å². The number of carbonyl (C=O) groups is 1. The quantitative estimate of drug-likeness (QED) is 0.587. The van der Waals surface area contributed by atoms with Crippen LogP contribution in [0.2, 0.25) is 0 Å². The van der Waals surface area contributed by atoms with Gasteiger partial charge in [0, 0.05) is 74.8 Å². The number of amides is 1. The highest BCUT2D eigenvalue weighted by Gasteiger charge is 2.32. The Hall–Kier alpha value is -3.23. The summed E-state index contributed by atoms with van der Waals surface area (Å²) < 4.78 is 31.5. The highest BCUT2D eigenvalue weighted by atomic mass is 19.3. The number of hydrogen-bond donors (Lipinski definition) is 0. The van der Waals surface area contributed by atoms with Crippen LogP contribution >= 0.6 is 0 Å². The molecule has 2 aliphatic rings. The highest BCUT2D eigenvalue weighted by Crippen LogP contribution is 2.43. The Kier molecular flexibility index (Phi) is 6.23. The molecular weight excluding hydrogens is 426 g/mol. The first-order valence-electron chi connectivity index (χ1n) is 11.3. The van der Waals surface area contributed by atoms with Crippen molar-refractivity contribution in [1.29, 1.82) is 0 Å². The SMILES string of the molecule is CC.CC(=O)N1CCc2c(c(N3CCc4cc(-c5cnn(C)c5)c(C(F)F)cc43)nn2C)C1. The fourth-order valence-corrected chi connectivity index (χ4v) is 4.72. The molecule has 4 heterocycles. The summed E-state index contributed by atoms with van der Waals surface area (Å²) >= 11 is 0. The Balaban J connectivity index is 0.00000126. The van der Waals surface area contributed by atoms with E-state index in [1.165, 1.54) is 0 Å². The van der Waals surface area contributed by atoms with E-state index in [2.05, 4.69) is 5.10 Å². The third-order valence-corrected chi connectivity index (χ3v) is 6.32. The Morgan fingerprint density at radius 3 is 2.52 bits per heavy atom. The van der Waals surface area contributed by atoms with Gasteiger partial charge in [0.05, 0.1) is 12.7 Å². The Morgan fingerprint density at radius 1 is 1.12 bits per heavy atom. The molecule has 3 aromatic rings. The number of anilines is 2. The fourth-order valence-electron chi connectivity index (χ4n) is 4.72. The lowest BCUT2D eigenvalue weighted by atomic mass is 9.98. The van der Waals surface area contributed by atoms with E-state index < -0.39 is 6.43 Å². The maximum Gasteiger partial charge on any atom is 0.264 e. The fraction of sp³-hybridized carbons (Fsp3) is 0.458. The van der Waals surface area contributed by atoms with Gasteiger partial charge in [-0.25, -0.2) is 8.78 Å². The molecule has 1 aromatic carbocycles. The van der Waals surface area contributed by atoms with Crippen LogP contribution in [-0.4, -0.2) is 43.5 Å². The number of halogens is 2. The summed E-state index contributed by atoms with van der Waals surface area (Å²) in [5.41, 5.74) is 5.09. The number of alkyl halides is 2. The zero-order chi connectivity index (χ0) is 23.9. The summed E-state index contributed by atoms with van der Waals surface area (Å²) in [5.74, 6) is 0.792. The number of aryl methyl sites for hydroxylation is 2. The standard InChI is InChI=1S/C22H24F2N6O.C2H6/c1-13(31)29-6-5-19-18(12-29)22(26-28(19)3)30-7-4-14-8-16(15-10-25-27(2)11-15)17(21(23)24)9-20(14)30;1-2/h8-11,21H,4-7,12H2,1-3H3;1-2H3. The summed E-state index contributed by atoms with van der Waals surface area (Å²) in [5, 5.41) is 8.87. The molecule has 2 aromatic heterocycles. The summed E-state index contributed by atoms with van der Waals surface area (Å²) in [6.45, 7) is 7.40. The van der Waals surface area contributed by atoms with Gasteiger partial charge in [0.2, 0.25) is 5.91 Å². The van der Waals surface area contributed by atoms with E-state index in [-0.39, 0.29) is 11.5 Å². The molecular formula is C24H30F2N6O. The van der Waals surface area contributed by atoms with E-state index in [0.29, 0.717) is 30.8 Å². The third-order valence-electron chi connectivity index (χ3n) is 6.32. The number of rotatable bonds is 3. The second-order valence-electron chi connectivity index (χ2n) is 8.24. The molecule has 0 radical (unpaired) electrons. The molecule has 0 saturated heterocycles. The molecule has 0 fully saturated rings. The number of aromatic nitrogens is 4. The minimum atomic E-state index is -2.60. The van der Waals surface area contributed by atoms with Gasteiger partial charge in [-0.2, -0.15) is 10.2 Å². The van der Waals surface area contributed by atoms with E-state index >= 15 is 0 Å². The predicted octanol–water partition coefficient (Wildman–Crippen LogP) is 4.38. The lowest BCUT2D eigenvalue weighted by molar-refractivity contribution is -0.129. The molecule has 9 heteroatoms. The highest BCUT2D eigenvalue weighted by molar-refractivity contribution is 5.79. The van der Waals surface area contributed by atoms with E-state index in [4.69, 9.17) is 5.10 Å². The zero-order valence-corrected chi connectivity index (χ0v) is 19.8. The number of hydrogen-bond acceptors (Lipinski definition) is 4. The van der Waals surface area contributed by atoms with E-state index in [1.54, 1.807) is 42.0 Å². The first-order valence-corrected chi connectivity index (χ1v) is 11.3. The molecule has 33 heavy (non-hydrogen) atoms. The predicted molar refractivity (Wildman–Crippen MR) is 124 cm³/mol. The molecule has 0 atom stereocenters. The smallest absolute Gasteiger partial charge is 0.264 e. The molecule has 0 bridgehead atoms. The Labute approximate surface area is 192 Å². The average molecular weight is 457 g/mol. The minimum Gasteiger partial charge on any atom is -0.338 e. The van der Waals surface area contributed by atoms with Crippen LogP contribution in [0, 0.1) is 0 Å². The van der Waals surface area contributed by atoms with Crippen LogP contribution in [0.5, 0.6) is 0 Å². The molecule has 7 nitrogen and oxygen atoms in total. The number of fused-ring (bicyclic) bond motifs is 2. The van der Waals surface area contributed by atoms with Gasteiger partial charge in [-0.3, -0.25) is 14.2 Å². The van der Waals surface area contributed by atoms with Gasteiger partial charge in [0.1, 0.15) is 0 Å². The lowest BCUT2D eigenvalue weighted by Gasteiger charge is -2.28. The van der Waals surface area contributed by atoms with E-state index in [0.717, 1.165) is 41.2 Å². The maximum atomic E-state index is 14.0. The van der Waals surface area contributed by atoms with Gasteiger partial charge in [-0.1, -0.05) is 13.8 Å². The van der Waals surface area contributed by atoms with Gasteiger partial charge >= 0.3 is 0 Å². The normalized spacial score (nSPS) is 14.8. The van der Waals surface area contributed by atoms with Crippen LogP contribution in [-0.2, 0) is 38.3 Å². The molecule has 0 saturated carbocycles. The second-order valence-corrected chi connectivity index (χ2v) is 8.24. The van der Waals surface area contributed by atoms with Crippen LogP contribution in [0.15, 0.2) is 24.5 Å². The van der Waals surface area contributed by atoms with Crippen LogP contribution in [0.3, 0.4) is 0 Å². The van der Waals surface area contributed by atoms with Gasteiger partial charge in [0.15, 0.2) is 5.82 Å². The minimum absolute atomic E-state index is 0.00573. The van der Waals surface area contributed by atoms with Crippen molar-refractivity contribution in [3.05, 3.63) is 46.9 Å². The van der Waals surface area contributed by atoms with Crippen molar-refractivity contribution in [3.63, 3.8) is 0 Å². The third kappa shape index (κ3) is 4.00. The summed E-state index contributed by atoms with van der Waals surface area (Å²) in [6.07, 6.45) is 2.25. The topological polar surface area (TPSA) is 59.2 Å². The zero-order valence-electron chi connectivity index (χ0n) is 19.8. The van der Waals surface area contributed by atoms with Crippen LogP contribution in [0.1, 0.15) is 49.6 Å². The molecule has 2 aliphatic heterocycles. The molecule has 0 spiro atoms. The number of benzene rings is 1. The van der Waals surface area contributed by atoms with Crippen molar-refractivity contribution in [2.75, 3.05) is 18.0 Å². The summed E-state index contributed by atoms with van der Waals surface area (Å²) in [6, 6.07) is 3.47. The first kappa shape index (κ1) is 22.9.